The summed E-state index contributed by atoms with van der Waals surface area (Å²) in [5.41, 5.74) is 15.4. The van der Waals surface area contributed by atoms with E-state index in [2.05, 4.69) is 21.9 Å². The van der Waals surface area contributed by atoms with Crippen LogP contribution in [0.15, 0.2) is 17.2 Å². The van der Waals surface area contributed by atoms with E-state index in [0.717, 1.165) is 5.56 Å². The zero-order valence-corrected chi connectivity index (χ0v) is 8.87. The summed E-state index contributed by atoms with van der Waals surface area (Å²) in [6, 6.07) is 2.60. The van der Waals surface area contributed by atoms with Gasteiger partial charge in [-0.05, 0) is 30.2 Å². The number of benzene rings is 1. The van der Waals surface area contributed by atoms with Crippen LogP contribution in [0.5, 0.6) is 0 Å². The Bertz CT molecular complexity index is 493. The van der Waals surface area contributed by atoms with E-state index < -0.39 is 5.82 Å². The van der Waals surface area contributed by atoms with Crippen molar-refractivity contribution in [3.63, 3.8) is 0 Å². The number of azide groups is 1. The van der Waals surface area contributed by atoms with Gasteiger partial charge in [0.1, 0.15) is 5.82 Å². The van der Waals surface area contributed by atoms with Gasteiger partial charge in [-0.3, -0.25) is 0 Å². The average molecular weight is 218 g/mol. The van der Waals surface area contributed by atoms with E-state index in [-0.39, 0.29) is 0 Å². The molecule has 1 aromatic rings. The van der Waals surface area contributed by atoms with Crippen molar-refractivity contribution >= 4 is 5.69 Å². The lowest BCUT2D eigenvalue weighted by molar-refractivity contribution is 0.627. The second-order valence-corrected chi connectivity index (χ2v) is 3.17. The summed E-state index contributed by atoms with van der Waals surface area (Å²) >= 11 is 0. The smallest absolute Gasteiger partial charge is 0.126 e. The maximum absolute atomic E-state index is 13.0. The standard InChI is InChI=1S/C11H11FN4/c1-8-9(4-2-3-5-15-16-14)6-10(12)7-11(8)13/h6-7H,3,5,13H2,1H3. The first-order valence-electron chi connectivity index (χ1n) is 4.70. The molecular formula is C11H11FN4. The van der Waals surface area contributed by atoms with Crippen LogP contribution < -0.4 is 5.73 Å². The predicted molar refractivity (Wildman–Crippen MR) is 61.1 cm³/mol. The van der Waals surface area contributed by atoms with Crippen molar-refractivity contribution in [1.82, 2.24) is 0 Å². The van der Waals surface area contributed by atoms with Crippen LogP contribution in [0.25, 0.3) is 10.4 Å². The molecule has 0 aromatic heterocycles. The minimum absolute atomic E-state index is 0.313. The van der Waals surface area contributed by atoms with Crippen LogP contribution >= 0.6 is 0 Å². The highest BCUT2D eigenvalue weighted by molar-refractivity contribution is 5.55. The fourth-order valence-electron chi connectivity index (χ4n) is 1.14. The first kappa shape index (κ1) is 11.9. The Morgan fingerprint density at radius 1 is 1.56 bits per heavy atom. The number of rotatable bonds is 2. The van der Waals surface area contributed by atoms with E-state index in [0.29, 0.717) is 24.2 Å². The van der Waals surface area contributed by atoms with Crippen molar-refractivity contribution in [1.29, 1.82) is 0 Å². The molecule has 0 bridgehead atoms. The van der Waals surface area contributed by atoms with Crippen molar-refractivity contribution in [3.05, 3.63) is 39.5 Å². The maximum Gasteiger partial charge on any atom is 0.126 e. The quantitative estimate of drug-likeness (QED) is 0.203. The Morgan fingerprint density at radius 2 is 2.31 bits per heavy atom. The van der Waals surface area contributed by atoms with Crippen molar-refractivity contribution in [2.75, 3.05) is 12.3 Å². The minimum Gasteiger partial charge on any atom is -0.398 e. The number of anilines is 1. The van der Waals surface area contributed by atoms with Crippen LogP contribution in [0.4, 0.5) is 10.1 Å². The third-order valence-corrected chi connectivity index (χ3v) is 2.04. The van der Waals surface area contributed by atoms with Crippen molar-refractivity contribution < 1.29 is 4.39 Å². The van der Waals surface area contributed by atoms with Crippen LogP contribution in [0.2, 0.25) is 0 Å². The summed E-state index contributed by atoms with van der Waals surface area (Å²) in [5, 5.41) is 3.34. The topological polar surface area (TPSA) is 74.8 Å². The second kappa shape index (κ2) is 5.64. The molecule has 0 aliphatic carbocycles. The summed E-state index contributed by atoms with van der Waals surface area (Å²) in [7, 11) is 0. The molecule has 0 spiro atoms. The van der Waals surface area contributed by atoms with Crippen LogP contribution in [0.3, 0.4) is 0 Å². The van der Waals surface area contributed by atoms with Crippen molar-refractivity contribution in [2.24, 2.45) is 5.11 Å². The monoisotopic (exact) mass is 218 g/mol. The molecule has 0 atom stereocenters. The molecule has 0 unspecified atom stereocenters. The molecule has 0 radical (unpaired) electrons. The van der Waals surface area contributed by atoms with Crippen LogP contribution in [-0.2, 0) is 0 Å². The van der Waals surface area contributed by atoms with Gasteiger partial charge >= 0.3 is 0 Å². The molecule has 0 heterocycles. The van der Waals surface area contributed by atoms with Gasteiger partial charge in [0.2, 0.25) is 0 Å². The molecule has 16 heavy (non-hydrogen) atoms. The Kier molecular flexibility index (Phi) is 4.19. The first-order valence-corrected chi connectivity index (χ1v) is 4.70. The van der Waals surface area contributed by atoms with Gasteiger partial charge in [-0.2, -0.15) is 0 Å². The van der Waals surface area contributed by atoms with E-state index in [9.17, 15) is 4.39 Å². The molecule has 4 nitrogen and oxygen atoms in total. The normalized spacial score (nSPS) is 8.88. The van der Waals surface area contributed by atoms with Crippen LogP contribution in [0.1, 0.15) is 17.5 Å². The van der Waals surface area contributed by atoms with Crippen molar-refractivity contribution in [2.45, 2.75) is 13.3 Å². The predicted octanol–water partition coefficient (Wildman–Crippen LogP) is 2.77. The highest BCUT2D eigenvalue weighted by atomic mass is 19.1. The molecule has 0 amide bonds. The summed E-state index contributed by atoms with van der Waals surface area (Å²) in [5.74, 6) is 5.19. The van der Waals surface area contributed by atoms with Gasteiger partial charge in [0.15, 0.2) is 0 Å². The van der Waals surface area contributed by atoms with E-state index in [4.69, 9.17) is 11.3 Å². The lowest BCUT2D eigenvalue weighted by Crippen LogP contribution is -1.94. The second-order valence-electron chi connectivity index (χ2n) is 3.17. The first-order chi connectivity index (χ1) is 7.65. The number of nitrogens with zero attached hydrogens (tertiary/aromatic N) is 3. The van der Waals surface area contributed by atoms with Gasteiger partial charge in [0.25, 0.3) is 0 Å². The number of nitrogen functional groups attached to an aromatic ring is 1. The van der Waals surface area contributed by atoms with Crippen molar-refractivity contribution in [3.8, 4) is 11.8 Å². The van der Waals surface area contributed by atoms with Gasteiger partial charge in [-0.1, -0.05) is 17.0 Å². The fourth-order valence-corrected chi connectivity index (χ4v) is 1.14. The fraction of sp³-hybridized carbons (Fsp3) is 0.273. The molecule has 0 aliphatic rings. The molecule has 0 fully saturated rings. The Labute approximate surface area is 92.9 Å². The summed E-state index contributed by atoms with van der Waals surface area (Å²) in [6.07, 6.45) is 0.444. The number of hydrogen-bond donors (Lipinski definition) is 1. The third-order valence-electron chi connectivity index (χ3n) is 2.04. The van der Waals surface area contributed by atoms with Gasteiger partial charge < -0.3 is 5.73 Å². The van der Waals surface area contributed by atoms with Crippen LogP contribution in [-0.4, -0.2) is 6.54 Å². The zero-order valence-electron chi connectivity index (χ0n) is 8.87. The highest BCUT2D eigenvalue weighted by Gasteiger charge is 2.02. The highest BCUT2D eigenvalue weighted by Crippen LogP contribution is 2.17. The molecule has 82 valence electrons. The summed E-state index contributed by atoms with van der Waals surface area (Å²) in [6.45, 7) is 2.10. The van der Waals surface area contributed by atoms with E-state index in [1.165, 1.54) is 12.1 Å². The van der Waals surface area contributed by atoms with Gasteiger partial charge in [-0.25, -0.2) is 4.39 Å². The van der Waals surface area contributed by atoms with Gasteiger partial charge in [0, 0.05) is 29.1 Å². The number of nitrogens with two attached hydrogens (primary N) is 1. The molecule has 5 heteroatoms. The lowest BCUT2D eigenvalue weighted by Gasteiger charge is -2.02. The summed E-state index contributed by atoms with van der Waals surface area (Å²) in [4.78, 5) is 2.60. The Hall–Kier alpha value is -2.18. The van der Waals surface area contributed by atoms with Crippen LogP contribution in [0, 0.1) is 24.6 Å². The lowest BCUT2D eigenvalue weighted by atomic mass is 10.1. The molecule has 1 rings (SSSR count). The minimum atomic E-state index is -0.401. The largest absolute Gasteiger partial charge is 0.398 e. The van der Waals surface area contributed by atoms with E-state index in [1.54, 1.807) is 6.92 Å². The molecule has 2 N–H and O–H groups in total. The van der Waals surface area contributed by atoms with Gasteiger partial charge in [-0.15, -0.1) is 0 Å². The molecule has 0 saturated carbocycles. The Morgan fingerprint density at radius 3 is 3.00 bits per heavy atom. The molecule has 0 aliphatic heterocycles. The number of halogens is 1. The average Bonchev–Trinajstić information content (AvgIpc) is 2.24. The number of hydrogen-bond acceptors (Lipinski definition) is 2. The maximum atomic E-state index is 13.0. The van der Waals surface area contributed by atoms with Gasteiger partial charge in [0.05, 0.1) is 0 Å². The molecular weight excluding hydrogens is 207 g/mol. The zero-order chi connectivity index (χ0) is 12.0. The third kappa shape index (κ3) is 3.19. The van der Waals surface area contributed by atoms with E-state index >= 15 is 0 Å². The molecule has 1 aromatic carbocycles. The summed E-state index contributed by atoms with van der Waals surface area (Å²) < 4.78 is 13.0. The Balaban J connectivity index is 2.84. The SMILES string of the molecule is Cc1c(N)cc(F)cc1C#CCCN=[N+]=[N-]. The van der Waals surface area contributed by atoms with E-state index in [1.807, 2.05) is 0 Å². The molecule has 0 saturated heterocycles.